The Morgan fingerprint density at radius 3 is 2.70 bits per heavy atom. The van der Waals surface area contributed by atoms with Gasteiger partial charge in [-0.05, 0) is 59.7 Å². The van der Waals surface area contributed by atoms with Crippen LogP contribution in [0.1, 0.15) is 39.6 Å². The first-order chi connectivity index (χ1) is 19.6. The second-order valence-electron chi connectivity index (χ2n) is 9.69. The maximum absolute atomic E-state index is 14.0. The van der Waals surface area contributed by atoms with E-state index in [1.54, 1.807) is 23.5 Å². The van der Waals surface area contributed by atoms with Crippen molar-refractivity contribution in [2.24, 2.45) is 4.99 Å². The zero-order chi connectivity index (χ0) is 27.2. The lowest BCUT2D eigenvalue weighted by Gasteiger charge is -2.30. The van der Waals surface area contributed by atoms with Crippen molar-refractivity contribution in [3.8, 4) is 5.75 Å². The van der Waals surface area contributed by atoms with Crippen LogP contribution in [0.15, 0.2) is 99.6 Å². The summed E-state index contributed by atoms with van der Waals surface area (Å²) in [5.74, 6) is 0.669. The number of aromatic nitrogens is 1. The highest BCUT2D eigenvalue weighted by atomic mass is 35.5. The number of rotatable bonds is 5. The van der Waals surface area contributed by atoms with Gasteiger partial charge >= 0.3 is 0 Å². The van der Waals surface area contributed by atoms with E-state index in [1.165, 1.54) is 28.0 Å². The first-order valence-electron chi connectivity index (χ1n) is 12.9. The molecule has 40 heavy (non-hydrogen) atoms. The van der Waals surface area contributed by atoms with Crippen LogP contribution in [0, 0.1) is 0 Å². The summed E-state index contributed by atoms with van der Waals surface area (Å²) in [6, 6.07) is 25.5. The van der Waals surface area contributed by atoms with E-state index < -0.39 is 0 Å². The molecule has 7 rings (SSSR count). The van der Waals surface area contributed by atoms with Gasteiger partial charge in [0.05, 0.1) is 16.3 Å². The van der Waals surface area contributed by atoms with Gasteiger partial charge in [0.2, 0.25) is 0 Å². The summed E-state index contributed by atoms with van der Waals surface area (Å²) in [4.78, 5) is 21.0. The Bertz CT molecular complexity index is 1970. The molecule has 1 aliphatic carbocycles. The van der Waals surface area contributed by atoms with E-state index in [0.717, 1.165) is 39.3 Å². The normalized spacial score (nSPS) is 16.2. The Hall–Kier alpha value is -3.42. The van der Waals surface area contributed by atoms with Gasteiger partial charge in [0.25, 0.3) is 5.56 Å². The van der Waals surface area contributed by atoms with Crippen LogP contribution in [0.25, 0.3) is 11.8 Å². The Balaban J connectivity index is 1.33. The maximum atomic E-state index is 14.0. The zero-order valence-corrected chi connectivity index (χ0v) is 24.3. The molecular formula is C32H22Cl2N2O2S2. The van der Waals surface area contributed by atoms with Crippen LogP contribution in [0.3, 0.4) is 0 Å². The lowest BCUT2D eigenvalue weighted by Crippen LogP contribution is -2.38. The van der Waals surface area contributed by atoms with Crippen LogP contribution in [0.2, 0.25) is 10.0 Å². The highest BCUT2D eigenvalue weighted by Gasteiger charge is 2.33. The molecule has 0 bridgehead atoms. The predicted molar refractivity (Wildman–Crippen MR) is 164 cm³/mol. The molecule has 0 radical (unpaired) electrons. The summed E-state index contributed by atoms with van der Waals surface area (Å²) in [6.07, 6.45) is 3.73. The SMILES string of the molecule is O=c1/c(=C\c2ccccc2OCc2ccc(Cl)cc2Cl)sc2n1C(c1cccs1)C1=C(N=2)c2ccccc2CC1. The molecule has 2 aliphatic rings. The van der Waals surface area contributed by atoms with E-state index in [-0.39, 0.29) is 18.2 Å². The molecule has 0 amide bonds. The molecule has 0 spiro atoms. The first-order valence-corrected chi connectivity index (χ1v) is 15.3. The fraction of sp³-hybridized carbons (Fsp3) is 0.125. The largest absolute Gasteiger partial charge is 0.488 e. The lowest BCUT2D eigenvalue weighted by atomic mass is 9.85. The Kier molecular flexibility index (Phi) is 6.72. The van der Waals surface area contributed by atoms with Crippen molar-refractivity contribution in [3.05, 3.63) is 147 Å². The maximum Gasteiger partial charge on any atom is 0.271 e. The number of thiophene rings is 1. The number of ether oxygens (including phenoxy) is 1. The number of hydrogen-bond donors (Lipinski definition) is 0. The molecule has 1 unspecified atom stereocenters. The molecule has 198 valence electrons. The molecule has 3 heterocycles. The number of fused-ring (bicyclic) bond motifs is 3. The van der Waals surface area contributed by atoms with Gasteiger partial charge in [-0.1, -0.05) is 89.1 Å². The summed E-state index contributed by atoms with van der Waals surface area (Å²) in [5, 5.41) is 3.20. The third-order valence-corrected chi connectivity index (χ3v) is 9.78. The van der Waals surface area contributed by atoms with Gasteiger partial charge in [-0.3, -0.25) is 9.36 Å². The Labute approximate surface area is 248 Å². The van der Waals surface area contributed by atoms with E-state index in [4.69, 9.17) is 32.9 Å². The molecular weight excluding hydrogens is 579 g/mol. The number of aryl methyl sites for hydroxylation is 1. The fourth-order valence-corrected chi connectivity index (χ4v) is 7.69. The van der Waals surface area contributed by atoms with Crippen LogP contribution >= 0.6 is 45.9 Å². The van der Waals surface area contributed by atoms with Crippen molar-refractivity contribution in [1.29, 1.82) is 0 Å². The van der Waals surface area contributed by atoms with Gasteiger partial charge in [0.1, 0.15) is 12.4 Å². The number of allylic oxidation sites excluding steroid dienone is 1. The van der Waals surface area contributed by atoms with Gasteiger partial charge in [-0.25, -0.2) is 4.99 Å². The number of hydrogen-bond acceptors (Lipinski definition) is 5. The average molecular weight is 602 g/mol. The number of thiazole rings is 1. The van der Waals surface area contributed by atoms with Crippen molar-refractivity contribution in [2.45, 2.75) is 25.5 Å². The van der Waals surface area contributed by atoms with E-state index in [9.17, 15) is 4.79 Å². The zero-order valence-electron chi connectivity index (χ0n) is 21.1. The van der Waals surface area contributed by atoms with Crippen molar-refractivity contribution in [3.63, 3.8) is 0 Å². The van der Waals surface area contributed by atoms with Crippen LogP contribution in [-0.2, 0) is 13.0 Å². The molecule has 0 N–H and O–H groups in total. The molecule has 1 atom stereocenters. The second-order valence-corrected chi connectivity index (χ2v) is 12.5. The van der Waals surface area contributed by atoms with Crippen LogP contribution in [-0.4, -0.2) is 4.57 Å². The van der Waals surface area contributed by atoms with Crippen molar-refractivity contribution < 1.29 is 4.74 Å². The van der Waals surface area contributed by atoms with Crippen molar-refractivity contribution in [1.82, 2.24) is 4.57 Å². The fourth-order valence-electron chi connectivity index (χ4n) is 5.38. The number of nitrogens with zero attached hydrogens (tertiary/aromatic N) is 2. The minimum atomic E-state index is -0.153. The summed E-state index contributed by atoms with van der Waals surface area (Å²) in [7, 11) is 0. The Morgan fingerprint density at radius 1 is 1.00 bits per heavy atom. The molecule has 4 nitrogen and oxygen atoms in total. The highest BCUT2D eigenvalue weighted by molar-refractivity contribution is 7.10. The van der Waals surface area contributed by atoms with Gasteiger partial charge in [0, 0.05) is 31.6 Å². The van der Waals surface area contributed by atoms with Gasteiger partial charge in [0.15, 0.2) is 4.80 Å². The van der Waals surface area contributed by atoms with Crippen molar-refractivity contribution in [2.75, 3.05) is 0 Å². The Morgan fingerprint density at radius 2 is 1.85 bits per heavy atom. The average Bonchev–Trinajstić information content (AvgIpc) is 3.60. The topological polar surface area (TPSA) is 43.6 Å². The molecule has 8 heteroatoms. The first kappa shape index (κ1) is 25.5. The van der Waals surface area contributed by atoms with Gasteiger partial charge in [-0.2, -0.15) is 0 Å². The molecule has 3 aromatic carbocycles. The van der Waals surface area contributed by atoms with Crippen molar-refractivity contribution >= 4 is 57.6 Å². The minimum absolute atomic E-state index is 0.0388. The van der Waals surface area contributed by atoms with E-state index in [1.807, 2.05) is 47.0 Å². The molecule has 0 fully saturated rings. The van der Waals surface area contributed by atoms with E-state index in [0.29, 0.717) is 20.3 Å². The van der Waals surface area contributed by atoms with Crippen LogP contribution in [0.5, 0.6) is 5.75 Å². The molecule has 5 aromatic rings. The minimum Gasteiger partial charge on any atom is -0.488 e. The van der Waals surface area contributed by atoms with Gasteiger partial charge in [-0.15, -0.1) is 11.3 Å². The summed E-state index contributed by atoms with van der Waals surface area (Å²) in [6.45, 7) is 0.284. The summed E-state index contributed by atoms with van der Waals surface area (Å²) in [5.41, 5.74) is 6.31. The molecule has 2 aromatic heterocycles. The summed E-state index contributed by atoms with van der Waals surface area (Å²) < 4.78 is 8.66. The molecule has 1 aliphatic heterocycles. The van der Waals surface area contributed by atoms with E-state index >= 15 is 0 Å². The smallest absolute Gasteiger partial charge is 0.271 e. The third kappa shape index (κ3) is 4.55. The third-order valence-electron chi connectivity index (χ3n) is 7.29. The number of benzene rings is 3. The number of halogens is 2. The second kappa shape index (κ2) is 10.5. The lowest BCUT2D eigenvalue weighted by molar-refractivity contribution is 0.305. The number of para-hydroxylation sites is 1. The van der Waals surface area contributed by atoms with Crippen LogP contribution in [0.4, 0.5) is 0 Å². The van der Waals surface area contributed by atoms with E-state index in [2.05, 4.69) is 35.7 Å². The standard InChI is InChI=1S/C32H22Cl2N2O2S2/c33-22-13-11-21(25(34)17-22)18-38-26-9-4-2-7-20(26)16-28-31(37)36-30(27-10-5-15-39-27)24-14-12-19-6-1-3-8-23(19)29(24)35-32(36)40-28/h1-11,13,15-17,30H,12,14,18H2/b28-16+. The quantitative estimate of drug-likeness (QED) is 0.213. The monoisotopic (exact) mass is 600 g/mol. The highest BCUT2D eigenvalue weighted by Crippen LogP contribution is 2.42. The van der Waals surface area contributed by atoms with Crippen LogP contribution < -0.4 is 19.6 Å². The predicted octanol–water partition coefficient (Wildman–Crippen LogP) is 7.27. The molecule has 0 saturated carbocycles. The molecule has 0 saturated heterocycles. The summed E-state index contributed by atoms with van der Waals surface area (Å²) >= 11 is 15.5. The van der Waals surface area contributed by atoms with Gasteiger partial charge < -0.3 is 4.74 Å².